The fourth-order valence-corrected chi connectivity index (χ4v) is 3.39. The molecule has 32 heavy (non-hydrogen) atoms. The molecule has 0 saturated heterocycles. The first kappa shape index (κ1) is 21.6. The third-order valence-corrected chi connectivity index (χ3v) is 5.04. The lowest BCUT2D eigenvalue weighted by molar-refractivity contribution is -0.137. The van der Waals surface area contributed by atoms with Gasteiger partial charge in [0.25, 0.3) is 5.91 Å². The molecule has 4 rings (SSSR count). The van der Waals surface area contributed by atoms with Gasteiger partial charge in [0.15, 0.2) is 5.71 Å². The highest BCUT2D eigenvalue weighted by molar-refractivity contribution is 6.54. The van der Waals surface area contributed by atoms with Crippen LogP contribution >= 0.6 is 11.6 Å². The third-order valence-electron chi connectivity index (χ3n) is 4.79. The van der Waals surface area contributed by atoms with Crippen LogP contribution in [0.5, 0.6) is 0 Å². The zero-order chi connectivity index (χ0) is 22.9. The largest absolute Gasteiger partial charge is 0.416 e. The highest BCUT2D eigenvalue weighted by Gasteiger charge is 2.35. The van der Waals surface area contributed by atoms with E-state index in [0.717, 1.165) is 12.1 Å². The summed E-state index contributed by atoms with van der Waals surface area (Å²) in [6.45, 7) is -0.107. The number of benzene rings is 3. The first-order chi connectivity index (χ1) is 15.2. The van der Waals surface area contributed by atoms with E-state index in [1.807, 2.05) is 0 Å². The number of rotatable bonds is 4. The lowest BCUT2D eigenvalue weighted by Gasteiger charge is -2.17. The van der Waals surface area contributed by atoms with E-state index in [-0.39, 0.29) is 17.8 Å². The van der Waals surface area contributed by atoms with Gasteiger partial charge in [-0.15, -0.1) is 0 Å². The summed E-state index contributed by atoms with van der Waals surface area (Å²) in [5, 5.41) is 4.20. The summed E-state index contributed by atoms with van der Waals surface area (Å²) in [6.07, 6.45) is -4.49. The summed E-state index contributed by atoms with van der Waals surface area (Å²) in [5.74, 6) is -1.37. The summed E-state index contributed by atoms with van der Waals surface area (Å²) in [4.78, 5) is 31.5. The van der Waals surface area contributed by atoms with Gasteiger partial charge in [-0.3, -0.25) is 4.79 Å². The van der Waals surface area contributed by atoms with Crippen LogP contribution in [0.4, 0.5) is 18.9 Å². The fraction of sp³-hybridized carbons (Fsp3) is 0.0870. The smallest absolute Gasteiger partial charge is 0.312 e. The van der Waals surface area contributed by atoms with Gasteiger partial charge in [-0.25, -0.2) is 4.79 Å². The molecule has 1 aliphatic heterocycles. The summed E-state index contributed by atoms with van der Waals surface area (Å²) < 4.78 is 39.1. The van der Waals surface area contributed by atoms with Crippen molar-refractivity contribution in [2.75, 3.05) is 4.90 Å². The zero-order valence-corrected chi connectivity index (χ0v) is 17.0. The maximum atomic E-state index is 13.0. The number of fused-ring (bicyclic) bond motifs is 1. The number of anilines is 1. The van der Waals surface area contributed by atoms with Gasteiger partial charge in [-0.05, 0) is 48.0 Å². The van der Waals surface area contributed by atoms with Crippen LogP contribution in [0.1, 0.15) is 27.0 Å². The molecule has 0 N–H and O–H groups in total. The Balaban J connectivity index is 1.60. The maximum absolute atomic E-state index is 13.0. The molecule has 9 heteroatoms. The number of oxime groups is 1. The van der Waals surface area contributed by atoms with E-state index in [1.165, 1.54) is 41.3 Å². The number of nitrogens with zero attached hydrogens (tertiary/aromatic N) is 2. The monoisotopic (exact) mass is 458 g/mol. The van der Waals surface area contributed by atoms with Crippen LogP contribution in [-0.4, -0.2) is 17.6 Å². The molecule has 1 aliphatic rings. The van der Waals surface area contributed by atoms with Gasteiger partial charge in [-0.1, -0.05) is 47.1 Å². The molecule has 162 valence electrons. The van der Waals surface area contributed by atoms with Crippen LogP contribution in [0.2, 0.25) is 5.02 Å². The number of alkyl halides is 3. The van der Waals surface area contributed by atoms with E-state index < -0.39 is 23.6 Å². The Morgan fingerprint density at radius 1 is 1.00 bits per heavy atom. The van der Waals surface area contributed by atoms with E-state index >= 15 is 0 Å². The third kappa shape index (κ3) is 4.36. The SMILES string of the molecule is O=C(ON=C1C(=O)N(Cc2cccc(C(F)(F)F)c2)c2ccccc21)c1ccc(Cl)cc1. The normalized spacial score (nSPS) is 14.6. The van der Waals surface area contributed by atoms with Crippen molar-refractivity contribution in [3.8, 4) is 0 Å². The zero-order valence-electron chi connectivity index (χ0n) is 16.3. The van der Waals surface area contributed by atoms with E-state index in [9.17, 15) is 22.8 Å². The number of carbonyl (C=O) groups is 2. The maximum Gasteiger partial charge on any atom is 0.416 e. The number of para-hydroxylation sites is 1. The average molecular weight is 459 g/mol. The number of amides is 1. The Hall–Kier alpha value is -3.65. The second-order valence-electron chi connectivity index (χ2n) is 6.93. The first-order valence-electron chi connectivity index (χ1n) is 9.36. The molecule has 1 heterocycles. The van der Waals surface area contributed by atoms with Crippen LogP contribution in [-0.2, 0) is 22.4 Å². The topological polar surface area (TPSA) is 59.0 Å². The van der Waals surface area contributed by atoms with Gasteiger partial charge in [0.2, 0.25) is 0 Å². The van der Waals surface area contributed by atoms with E-state index in [4.69, 9.17) is 16.4 Å². The predicted molar refractivity (Wildman–Crippen MR) is 112 cm³/mol. The summed E-state index contributed by atoms with van der Waals surface area (Å²) in [5.41, 5.74) is 0.431. The van der Waals surface area contributed by atoms with Gasteiger partial charge < -0.3 is 9.74 Å². The van der Waals surface area contributed by atoms with Crippen molar-refractivity contribution in [1.29, 1.82) is 0 Å². The number of halogens is 4. The molecule has 0 radical (unpaired) electrons. The molecule has 3 aromatic rings. The molecule has 1 amide bonds. The molecule has 0 unspecified atom stereocenters. The second kappa shape index (κ2) is 8.47. The van der Waals surface area contributed by atoms with Crippen molar-refractivity contribution in [1.82, 2.24) is 0 Å². The highest BCUT2D eigenvalue weighted by atomic mass is 35.5. The molecule has 0 saturated carbocycles. The average Bonchev–Trinajstić information content (AvgIpc) is 3.03. The number of hydrogen-bond donors (Lipinski definition) is 0. The summed E-state index contributed by atoms with van der Waals surface area (Å²) in [6, 6.07) is 17.3. The Labute approximate surface area is 185 Å². The lowest BCUT2D eigenvalue weighted by atomic mass is 10.1. The van der Waals surface area contributed by atoms with E-state index in [1.54, 1.807) is 24.3 Å². The Morgan fingerprint density at radius 3 is 2.44 bits per heavy atom. The van der Waals surface area contributed by atoms with Crippen molar-refractivity contribution in [2.45, 2.75) is 12.7 Å². The molecule has 0 fully saturated rings. The predicted octanol–water partition coefficient (Wildman–Crippen LogP) is 5.47. The molecule has 0 aromatic heterocycles. The van der Waals surface area contributed by atoms with Crippen molar-refractivity contribution in [2.24, 2.45) is 5.16 Å². The van der Waals surface area contributed by atoms with Gasteiger partial charge >= 0.3 is 12.1 Å². The molecule has 0 atom stereocenters. The molecule has 0 aliphatic carbocycles. The standard InChI is InChI=1S/C23H14ClF3N2O3/c24-17-10-8-15(9-11-17)22(31)32-28-20-18-6-1-2-7-19(18)29(21(20)30)13-14-4-3-5-16(12-14)23(25,26)27/h1-12H,13H2. The minimum atomic E-state index is -4.49. The minimum absolute atomic E-state index is 0.107. The van der Waals surface area contributed by atoms with Crippen molar-refractivity contribution >= 4 is 34.9 Å². The van der Waals surface area contributed by atoms with Crippen molar-refractivity contribution in [3.05, 3.63) is 100 Å². The number of hydrogen-bond acceptors (Lipinski definition) is 4. The molecular weight excluding hydrogens is 445 g/mol. The summed E-state index contributed by atoms with van der Waals surface area (Å²) in [7, 11) is 0. The first-order valence-corrected chi connectivity index (χ1v) is 9.74. The summed E-state index contributed by atoms with van der Waals surface area (Å²) >= 11 is 5.80. The molecule has 0 bridgehead atoms. The molecule has 3 aromatic carbocycles. The van der Waals surface area contributed by atoms with Crippen LogP contribution in [0.15, 0.2) is 78.0 Å². The lowest BCUT2D eigenvalue weighted by Crippen LogP contribution is -2.30. The minimum Gasteiger partial charge on any atom is -0.312 e. The Morgan fingerprint density at radius 2 is 1.72 bits per heavy atom. The highest BCUT2D eigenvalue weighted by Crippen LogP contribution is 2.33. The van der Waals surface area contributed by atoms with Gasteiger partial charge in [0.1, 0.15) is 0 Å². The fourth-order valence-electron chi connectivity index (χ4n) is 3.26. The van der Waals surface area contributed by atoms with Crippen LogP contribution < -0.4 is 4.90 Å². The van der Waals surface area contributed by atoms with E-state index in [0.29, 0.717) is 21.8 Å². The van der Waals surface area contributed by atoms with Crippen LogP contribution in [0.3, 0.4) is 0 Å². The van der Waals surface area contributed by atoms with E-state index in [2.05, 4.69) is 5.16 Å². The molecule has 5 nitrogen and oxygen atoms in total. The van der Waals surface area contributed by atoms with Gasteiger partial charge in [0.05, 0.1) is 23.4 Å². The van der Waals surface area contributed by atoms with Gasteiger partial charge in [-0.2, -0.15) is 13.2 Å². The quantitative estimate of drug-likeness (QED) is 0.385. The van der Waals surface area contributed by atoms with Crippen molar-refractivity contribution < 1.29 is 27.6 Å². The second-order valence-corrected chi connectivity index (χ2v) is 7.37. The van der Waals surface area contributed by atoms with Crippen LogP contribution in [0.25, 0.3) is 0 Å². The van der Waals surface area contributed by atoms with Gasteiger partial charge in [0, 0.05) is 10.6 Å². The van der Waals surface area contributed by atoms with Crippen molar-refractivity contribution in [3.63, 3.8) is 0 Å². The molecular formula is C23H14ClF3N2O3. The van der Waals surface area contributed by atoms with Crippen LogP contribution in [0, 0.1) is 0 Å². The number of carbonyl (C=O) groups excluding carboxylic acids is 2. The Bertz CT molecular complexity index is 1220. The Kier molecular flexibility index (Phi) is 5.71. The molecule has 0 spiro atoms.